The molecule has 1 heterocycles. The van der Waals surface area contributed by atoms with E-state index < -0.39 is 0 Å². The van der Waals surface area contributed by atoms with Crippen LogP contribution in [0.25, 0.3) is 0 Å². The quantitative estimate of drug-likeness (QED) is 0.821. The Labute approximate surface area is 110 Å². The molecule has 1 aliphatic carbocycles. The zero-order valence-corrected chi connectivity index (χ0v) is 11.3. The highest BCUT2D eigenvalue weighted by Crippen LogP contribution is 2.28. The van der Waals surface area contributed by atoms with Crippen molar-refractivity contribution in [2.75, 3.05) is 6.54 Å². The normalized spacial score (nSPS) is 33.1. The molecular weight excluding hydrogens is 220 g/mol. The van der Waals surface area contributed by atoms with Crippen molar-refractivity contribution in [3.63, 3.8) is 0 Å². The predicted molar refractivity (Wildman–Crippen MR) is 75.6 cm³/mol. The Bertz CT molecular complexity index is 415. The van der Waals surface area contributed by atoms with Gasteiger partial charge in [-0.2, -0.15) is 0 Å². The second kappa shape index (κ2) is 5.02. The van der Waals surface area contributed by atoms with Crippen LogP contribution in [0, 0.1) is 0 Å². The Morgan fingerprint density at radius 1 is 1.17 bits per heavy atom. The molecule has 3 rings (SSSR count). The maximum absolute atomic E-state index is 6.07. The van der Waals surface area contributed by atoms with Gasteiger partial charge in [-0.1, -0.05) is 24.3 Å². The van der Waals surface area contributed by atoms with E-state index in [-0.39, 0.29) is 0 Å². The molecule has 2 N–H and O–H groups in total. The minimum Gasteiger partial charge on any atom is -0.328 e. The van der Waals surface area contributed by atoms with E-state index in [1.165, 1.54) is 32.2 Å². The van der Waals surface area contributed by atoms with Crippen molar-refractivity contribution in [1.29, 1.82) is 0 Å². The van der Waals surface area contributed by atoms with E-state index in [1.807, 2.05) is 0 Å². The Morgan fingerprint density at radius 3 is 2.72 bits per heavy atom. The number of hydrogen-bond acceptors (Lipinski definition) is 2. The van der Waals surface area contributed by atoms with E-state index in [2.05, 4.69) is 36.1 Å². The maximum atomic E-state index is 6.07. The highest BCUT2D eigenvalue weighted by molar-refractivity contribution is 5.30. The van der Waals surface area contributed by atoms with Gasteiger partial charge >= 0.3 is 0 Å². The Hall–Kier alpha value is -0.860. The average molecular weight is 244 g/mol. The fourth-order valence-electron chi connectivity index (χ4n) is 3.73. The van der Waals surface area contributed by atoms with Gasteiger partial charge in [-0.15, -0.1) is 0 Å². The fraction of sp³-hybridized carbons (Fsp3) is 0.625. The second-order valence-electron chi connectivity index (χ2n) is 6.04. The van der Waals surface area contributed by atoms with E-state index in [1.54, 1.807) is 11.1 Å². The first-order chi connectivity index (χ1) is 8.74. The summed E-state index contributed by atoms with van der Waals surface area (Å²) in [6.45, 7) is 3.54. The maximum Gasteiger partial charge on any atom is 0.0142 e. The van der Waals surface area contributed by atoms with Crippen LogP contribution in [0.3, 0.4) is 0 Å². The molecule has 0 bridgehead atoms. The lowest BCUT2D eigenvalue weighted by molar-refractivity contribution is 0.0874. The van der Waals surface area contributed by atoms with Gasteiger partial charge < -0.3 is 5.73 Å². The number of benzene rings is 1. The number of piperidine rings is 1. The van der Waals surface area contributed by atoms with Gasteiger partial charge in [-0.3, -0.25) is 4.90 Å². The molecule has 1 aromatic rings. The second-order valence-corrected chi connectivity index (χ2v) is 6.04. The molecular formula is C16H24N2. The van der Waals surface area contributed by atoms with Gasteiger partial charge in [-0.25, -0.2) is 0 Å². The van der Waals surface area contributed by atoms with Crippen LogP contribution in [0.5, 0.6) is 0 Å². The summed E-state index contributed by atoms with van der Waals surface area (Å²) in [6.07, 6.45) is 6.13. The SMILES string of the molecule is CC1CC(N)CCN1C1CCc2ccccc2C1. The van der Waals surface area contributed by atoms with Crippen LogP contribution in [-0.4, -0.2) is 29.6 Å². The summed E-state index contributed by atoms with van der Waals surface area (Å²) >= 11 is 0. The lowest BCUT2D eigenvalue weighted by Gasteiger charge is -2.43. The van der Waals surface area contributed by atoms with Gasteiger partial charge in [-0.05, 0) is 50.2 Å². The van der Waals surface area contributed by atoms with E-state index in [0.29, 0.717) is 12.1 Å². The van der Waals surface area contributed by atoms with Gasteiger partial charge in [0.1, 0.15) is 0 Å². The van der Waals surface area contributed by atoms with Crippen molar-refractivity contribution in [2.24, 2.45) is 5.73 Å². The summed E-state index contributed by atoms with van der Waals surface area (Å²) in [6, 6.07) is 10.8. The third-order valence-corrected chi connectivity index (χ3v) is 4.76. The molecule has 3 unspecified atom stereocenters. The molecule has 0 amide bonds. The average Bonchev–Trinajstić information content (AvgIpc) is 2.38. The van der Waals surface area contributed by atoms with E-state index in [9.17, 15) is 0 Å². The third kappa shape index (κ3) is 2.32. The number of nitrogens with zero attached hydrogens (tertiary/aromatic N) is 1. The first kappa shape index (κ1) is 12.2. The number of aryl methyl sites for hydroxylation is 1. The molecule has 1 aliphatic heterocycles. The van der Waals surface area contributed by atoms with Crippen molar-refractivity contribution < 1.29 is 0 Å². The molecule has 2 nitrogen and oxygen atoms in total. The number of fused-ring (bicyclic) bond motifs is 1. The number of likely N-dealkylation sites (tertiary alicyclic amines) is 1. The molecule has 3 atom stereocenters. The monoisotopic (exact) mass is 244 g/mol. The van der Waals surface area contributed by atoms with Gasteiger partial charge in [0.05, 0.1) is 0 Å². The summed E-state index contributed by atoms with van der Waals surface area (Å²) in [5, 5.41) is 0. The van der Waals surface area contributed by atoms with Crippen LogP contribution in [0.1, 0.15) is 37.3 Å². The summed E-state index contributed by atoms with van der Waals surface area (Å²) in [4.78, 5) is 2.71. The highest BCUT2D eigenvalue weighted by atomic mass is 15.2. The van der Waals surface area contributed by atoms with Crippen LogP contribution >= 0.6 is 0 Å². The van der Waals surface area contributed by atoms with Crippen molar-refractivity contribution >= 4 is 0 Å². The van der Waals surface area contributed by atoms with Crippen LogP contribution in [0.4, 0.5) is 0 Å². The molecule has 0 radical (unpaired) electrons. The topological polar surface area (TPSA) is 29.3 Å². The number of hydrogen-bond donors (Lipinski definition) is 1. The third-order valence-electron chi connectivity index (χ3n) is 4.76. The molecule has 0 spiro atoms. The van der Waals surface area contributed by atoms with Crippen LogP contribution < -0.4 is 5.73 Å². The molecule has 2 heteroatoms. The summed E-state index contributed by atoms with van der Waals surface area (Å²) in [7, 11) is 0. The lowest BCUT2D eigenvalue weighted by atomic mass is 9.85. The van der Waals surface area contributed by atoms with E-state index >= 15 is 0 Å². The molecule has 1 aromatic carbocycles. The van der Waals surface area contributed by atoms with Gasteiger partial charge in [0, 0.05) is 24.7 Å². The standard InChI is InChI=1S/C16H24N2/c1-12-10-15(17)8-9-18(12)16-7-6-13-4-2-3-5-14(13)11-16/h2-5,12,15-16H,6-11,17H2,1H3. The highest BCUT2D eigenvalue weighted by Gasteiger charge is 2.30. The summed E-state index contributed by atoms with van der Waals surface area (Å²) < 4.78 is 0. The van der Waals surface area contributed by atoms with Gasteiger partial charge in [0.15, 0.2) is 0 Å². The molecule has 1 fully saturated rings. The Morgan fingerprint density at radius 2 is 1.94 bits per heavy atom. The summed E-state index contributed by atoms with van der Waals surface area (Å²) in [5.41, 5.74) is 9.20. The smallest absolute Gasteiger partial charge is 0.0142 e. The minimum absolute atomic E-state index is 0.423. The molecule has 18 heavy (non-hydrogen) atoms. The molecule has 1 saturated heterocycles. The zero-order chi connectivity index (χ0) is 12.5. The van der Waals surface area contributed by atoms with Crippen LogP contribution in [0.2, 0.25) is 0 Å². The van der Waals surface area contributed by atoms with E-state index in [4.69, 9.17) is 5.73 Å². The van der Waals surface area contributed by atoms with Gasteiger partial charge in [0.25, 0.3) is 0 Å². The first-order valence-electron chi connectivity index (χ1n) is 7.32. The fourth-order valence-corrected chi connectivity index (χ4v) is 3.73. The van der Waals surface area contributed by atoms with E-state index in [0.717, 1.165) is 12.5 Å². The van der Waals surface area contributed by atoms with Crippen LogP contribution in [0.15, 0.2) is 24.3 Å². The van der Waals surface area contributed by atoms with Crippen molar-refractivity contribution in [3.8, 4) is 0 Å². The van der Waals surface area contributed by atoms with Crippen molar-refractivity contribution in [1.82, 2.24) is 4.90 Å². The lowest BCUT2D eigenvalue weighted by Crippen LogP contribution is -2.51. The van der Waals surface area contributed by atoms with Crippen molar-refractivity contribution in [2.45, 2.75) is 57.2 Å². The molecule has 0 saturated carbocycles. The molecule has 2 aliphatic rings. The number of nitrogens with two attached hydrogens (primary N) is 1. The Kier molecular flexibility index (Phi) is 3.40. The predicted octanol–water partition coefficient (Wildman–Crippen LogP) is 2.36. The summed E-state index contributed by atoms with van der Waals surface area (Å²) in [5.74, 6) is 0. The largest absolute Gasteiger partial charge is 0.328 e. The molecule has 0 aromatic heterocycles. The Balaban J connectivity index is 1.72. The zero-order valence-electron chi connectivity index (χ0n) is 11.3. The first-order valence-corrected chi connectivity index (χ1v) is 7.32. The van der Waals surface area contributed by atoms with Crippen molar-refractivity contribution in [3.05, 3.63) is 35.4 Å². The molecule has 98 valence electrons. The van der Waals surface area contributed by atoms with Gasteiger partial charge in [0.2, 0.25) is 0 Å². The number of rotatable bonds is 1. The minimum atomic E-state index is 0.423. The van der Waals surface area contributed by atoms with Crippen LogP contribution in [-0.2, 0) is 12.8 Å².